The maximum atomic E-state index is 13.5. The highest BCUT2D eigenvalue weighted by Gasteiger charge is 2.29. The van der Waals surface area contributed by atoms with Gasteiger partial charge in [0, 0.05) is 42.9 Å². The van der Waals surface area contributed by atoms with Crippen molar-refractivity contribution in [2.24, 2.45) is 0 Å². The van der Waals surface area contributed by atoms with Crippen LogP contribution in [-0.4, -0.2) is 57.8 Å². The van der Waals surface area contributed by atoms with Crippen molar-refractivity contribution in [1.29, 1.82) is 0 Å². The smallest absolute Gasteiger partial charge is 0.123 e. The van der Waals surface area contributed by atoms with Crippen molar-refractivity contribution in [3.8, 4) is 11.1 Å². The van der Waals surface area contributed by atoms with Crippen LogP contribution in [0.1, 0.15) is 24.0 Å². The lowest BCUT2D eigenvalue weighted by atomic mass is 10.0. The van der Waals surface area contributed by atoms with E-state index in [2.05, 4.69) is 42.7 Å². The van der Waals surface area contributed by atoms with Gasteiger partial charge in [0.1, 0.15) is 5.82 Å². The van der Waals surface area contributed by atoms with Crippen LogP contribution >= 0.6 is 0 Å². The first-order valence-electron chi connectivity index (χ1n) is 11.9. The van der Waals surface area contributed by atoms with E-state index in [0.717, 1.165) is 72.4 Å². The Bertz CT molecular complexity index is 1260. The van der Waals surface area contributed by atoms with Crippen molar-refractivity contribution in [3.63, 3.8) is 0 Å². The quantitative estimate of drug-likeness (QED) is 0.285. The fraction of sp³-hybridized carbons (Fsp3) is 0.346. The molecule has 2 aromatic carbocycles. The number of anilines is 1. The fourth-order valence-electron chi connectivity index (χ4n) is 4.41. The molecular formula is C26H29FN6O2. The molecule has 0 aliphatic carbocycles. The molecule has 1 fully saturated rings. The Hall–Kier alpha value is -3.40. The Morgan fingerprint density at radius 3 is 2.77 bits per heavy atom. The number of aliphatic hydroxyl groups is 1. The average Bonchev–Trinajstić information content (AvgIpc) is 3.33. The second-order valence-corrected chi connectivity index (χ2v) is 8.87. The third-order valence-electron chi connectivity index (χ3n) is 6.27. The normalized spacial score (nSPS) is 13.9. The van der Waals surface area contributed by atoms with Gasteiger partial charge in [-0.05, 0) is 66.4 Å². The molecule has 0 bridgehead atoms. The molecule has 1 saturated heterocycles. The Kier molecular flexibility index (Phi) is 7.27. The zero-order chi connectivity index (χ0) is 24.0. The molecule has 8 nitrogen and oxygen atoms in total. The van der Waals surface area contributed by atoms with Crippen molar-refractivity contribution in [2.75, 3.05) is 31.1 Å². The number of hydrogen-bond donors (Lipinski definition) is 3. The Labute approximate surface area is 203 Å². The summed E-state index contributed by atoms with van der Waals surface area (Å²) in [5.74, 6) is -0.314. The Balaban J connectivity index is 1.05. The molecule has 0 spiro atoms. The number of H-pyrrole nitrogens is 1. The van der Waals surface area contributed by atoms with Gasteiger partial charge < -0.3 is 20.1 Å². The number of unbranched alkanes of at least 4 members (excludes halogenated alkanes) is 1. The molecule has 3 N–H and O–H groups in total. The molecule has 0 unspecified atom stereocenters. The number of nitrogens with one attached hydrogen (secondary N) is 2. The van der Waals surface area contributed by atoms with Crippen LogP contribution in [0.2, 0.25) is 0 Å². The van der Waals surface area contributed by atoms with E-state index in [1.807, 2.05) is 18.3 Å². The number of aliphatic hydroxyl groups excluding tert-OH is 1. The van der Waals surface area contributed by atoms with Crippen molar-refractivity contribution in [2.45, 2.75) is 32.1 Å². The zero-order valence-electron chi connectivity index (χ0n) is 19.5. The molecule has 2 aromatic heterocycles. The number of aromatic amines is 1. The molecule has 35 heavy (non-hydrogen) atoms. The van der Waals surface area contributed by atoms with Crippen LogP contribution in [-0.2, 0) is 17.9 Å². The summed E-state index contributed by atoms with van der Waals surface area (Å²) in [6.45, 7) is 3.69. The predicted octanol–water partition coefficient (Wildman–Crippen LogP) is 3.43. The zero-order valence-corrected chi connectivity index (χ0v) is 19.5. The van der Waals surface area contributed by atoms with Gasteiger partial charge in [0.15, 0.2) is 0 Å². The van der Waals surface area contributed by atoms with Crippen molar-refractivity contribution in [3.05, 3.63) is 71.9 Å². The monoisotopic (exact) mass is 476 g/mol. The number of nitrogens with zero attached hydrogens (tertiary/aromatic N) is 4. The number of rotatable bonds is 11. The molecular weight excluding hydrogens is 447 g/mol. The van der Waals surface area contributed by atoms with Crippen molar-refractivity contribution in [1.82, 2.24) is 25.7 Å². The van der Waals surface area contributed by atoms with E-state index in [1.54, 1.807) is 12.4 Å². The summed E-state index contributed by atoms with van der Waals surface area (Å²) in [6, 6.07) is 10.9. The predicted molar refractivity (Wildman–Crippen MR) is 132 cm³/mol. The highest BCUT2D eigenvalue weighted by molar-refractivity contribution is 5.96. The second kappa shape index (κ2) is 10.9. The molecule has 4 aromatic rings. The summed E-state index contributed by atoms with van der Waals surface area (Å²) in [4.78, 5) is 2.32. The molecule has 182 valence electrons. The lowest BCUT2D eigenvalue weighted by Gasteiger charge is -2.41. The number of fused-ring (bicyclic) bond motifs is 1. The number of halogens is 1. The fourth-order valence-corrected chi connectivity index (χ4v) is 4.41. The minimum Gasteiger partial charge on any atom is -0.392 e. The minimum absolute atomic E-state index is 0.151. The first kappa shape index (κ1) is 23.3. The van der Waals surface area contributed by atoms with Crippen LogP contribution < -0.4 is 10.2 Å². The maximum absolute atomic E-state index is 13.5. The van der Waals surface area contributed by atoms with Gasteiger partial charge in [-0.2, -0.15) is 15.3 Å². The Morgan fingerprint density at radius 2 is 1.94 bits per heavy atom. The van der Waals surface area contributed by atoms with Gasteiger partial charge in [0.25, 0.3) is 0 Å². The second-order valence-electron chi connectivity index (χ2n) is 8.87. The largest absolute Gasteiger partial charge is 0.392 e. The highest BCUT2D eigenvalue weighted by Crippen LogP contribution is 2.34. The molecule has 1 aliphatic heterocycles. The highest BCUT2D eigenvalue weighted by atomic mass is 19.1. The van der Waals surface area contributed by atoms with Crippen molar-refractivity contribution >= 4 is 16.6 Å². The van der Waals surface area contributed by atoms with Gasteiger partial charge >= 0.3 is 0 Å². The van der Waals surface area contributed by atoms with E-state index in [0.29, 0.717) is 12.1 Å². The SMILES string of the molecule is OCc1cc(F)cc(CNCCCCOC2CN(c3cc(-c4ccnnc4)cc4[nH]ncc34)C2)c1. The van der Waals surface area contributed by atoms with Gasteiger partial charge in [-0.1, -0.05) is 6.07 Å². The summed E-state index contributed by atoms with van der Waals surface area (Å²) < 4.78 is 19.6. The van der Waals surface area contributed by atoms with Gasteiger partial charge in [-0.15, -0.1) is 0 Å². The third-order valence-corrected chi connectivity index (χ3v) is 6.27. The average molecular weight is 477 g/mol. The first-order valence-corrected chi connectivity index (χ1v) is 11.9. The molecule has 0 atom stereocenters. The van der Waals surface area contributed by atoms with Crippen molar-refractivity contribution < 1.29 is 14.2 Å². The van der Waals surface area contributed by atoms with Gasteiger partial charge in [0.05, 0.1) is 36.8 Å². The lowest BCUT2D eigenvalue weighted by Crippen LogP contribution is -2.52. The van der Waals surface area contributed by atoms with Crippen LogP contribution in [0.5, 0.6) is 0 Å². The summed E-state index contributed by atoms with van der Waals surface area (Å²) >= 11 is 0. The number of aromatic nitrogens is 4. The summed E-state index contributed by atoms with van der Waals surface area (Å²) in [5.41, 5.74) is 5.68. The standard InChI is InChI=1S/C26H29FN6O2/c27-22-8-18(7-19(9-22)17-34)12-28-4-1-2-6-35-23-15-33(16-23)26-11-21(20-3-5-29-30-13-20)10-25-24(26)14-31-32-25/h3,5,7-11,13-14,23,28,34H,1-2,4,6,12,15-17H2,(H,31,32). The van der Waals surface area contributed by atoms with E-state index in [-0.39, 0.29) is 18.5 Å². The van der Waals surface area contributed by atoms with Crippen LogP contribution in [0.25, 0.3) is 22.0 Å². The molecule has 1 aliphatic rings. The summed E-state index contributed by atoms with van der Waals surface area (Å²) in [7, 11) is 0. The third kappa shape index (κ3) is 5.64. The minimum atomic E-state index is -0.314. The van der Waals surface area contributed by atoms with E-state index in [1.165, 1.54) is 12.1 Å². The topological polar surface area (TPSA) is 99.2 Å². The first-order chi connectivity index (χ1) is 17.2. The number of hydrogen-bond acceptors (Lipinski definition) is 7. The molecule has 0 saturated carbocycles. The maximum Gasteiger partial charge on any atom is 0.123 e. The van der Waals surface area contributed by atoms with E-state index >= 15 is 0 Å². The molecule has 0 radical (unpaired) electrons. The Morgan fingerprint density at radius 1 is 1.06 bits per heavy atom. The van der Waals surface area contributed by atoms with E-state index < -0.39 is 0 Å². The van der Waals surface area contributed by atoms with Crippen LogP contribution in [0, 0.1) is 5.82 Å². The molecule has 0 amide bonds. The van der Waals surface area contributed by atoms with E-state index in [9.17, 15) is 9.50 Å². The van der Waals surface area contributed by atoms with E-state index in [4.69, 9.17) is 4.74 Å². The van der Waals surface area contributed by atoms with Crippen LogP contribution in [0.3, 0.4) is 0 Å². The number of benzene rings is 2. The molecule has 3 heterocycles. The summed E-state index contributed by atoms with van der Waals surface area (Å²) in [6.07, 6.45) is 7.50. The lowest BCUT2D eigenvalue weighted by molar-refractivity contribution is 0.0324. The van der Waals surface area contributed by atoms with Gasteiger partial charge in [0.2, 0.25) is 0 Å². The molecule has 5 rings (SSSR count). The summed E-state index contributed by atoms with van der Waals surface area (Å²) in [5, 5.41) is 28.8. The van der Waals surface area contributed by atoms with Gasteiger partial charge in [-0.3, -0.25) is 5.10 Å². The van der Waals surface area contributed by atoms with Crippen LogP contribution in [0.15, 0.2) is 55.0 Å². The van der Waals surface area contributed by atoms with Crippen LogP contribution in [0.4, 0.5) is 10.1 Å². The molecule has 9 heteroatoms. The van der Waals surface area contributed by atoms with Gasteiger partial charge in [-0.25, -0.2) is 4.39 Å². The number of ether oxygens (including phenoxy) is 1.